The second kappa shape index (κ2) is 5.88. The van der Waals surface area contributed by atoms with Gasteiger partial charge in [0.25, 0.3) is 0 Å². The molecule has 0 bridgehead atoms. The molecule has 0 saturated heterocycles. The van der Waals surface area contributed by atoms with E-state index in [0.29, 0.717) is 12.1 Å². The molecular formula is C15H26N4S. The highest BCUT2D eigenvalue weighted by Gasteiger charge is 2.29. The predicted molar refractivity (Wildman–Crippen MR) is 84.7 cm³/mol. The Labute approximate surface area is 126 Å². The lowest BCUT2D eigenvalue weighted by atomic mass is 9.95. The summed E-state index contributed by atoms with van der Waals surface area (Å²) in [5.41, 5.74) is 0. The molecule has 20 heavy (non-hydrogen) atoms. The first-order valence-corrected chi connectivity index (χ1v) is 8.51. The van der Waals surface area contributed by atoms with Crippen LogP contribution in [0, 0.1) is 10.7 Å². The topological polar surface area (TPSA) is 36.9 Å². The van der Waals surface area contributed by atoms with Crippen LogP contribution in [0.5, 0.6) is 0 Å². The van der Waals surface area contributed by atoms with Gasteiger partial charge in [-0.15, -0.1) is 5.10 Å². The van der Waals surface area contributed by atoms with Crippen LogP contribution in [0.15, 0.2) is 0 Å². The molecular weight excluding hydrogens is 268 g/mol. The summed E-state index contributed by atoms with van der Waals surface area (Å²) >= 11 is 5.51. The van der Waals surface area contributed by atoms with Gasteiger partial charge in [-0.2, -0.15) is 0 Å². The summed E-state index contributed by atoms with van der Waals surface area (Å²) in [4.78, 5) is 2.44. The Kier molecular flexibility index (Phi) is 4.15. The average molecular weight is 294 g/mol. The summed E-state index contributed by atoms with van der Waals surface area (Å²) in [6.45, 7) is 5.64. The van der Waals surface area contributed by atoms with Crippen LogP contribution in [0.25, 0.3) is 0 Å². The van der Waals surface area contributed by atoms with E-state index >= 15 is 0 Å². The molecule has 2 aliphatic rings. The van der Waals surface area contributed by atoms with E-state index in [9.17, 15) is 0 Å². The lowest BCUT2D eigenvalue weighted by Crippen LogP contribution is -2.36. The molecule has 5 heteroatoms. The molecule has 4 nitrogen and oxygen atoms in total. The van der Waals surface area contributed by atoms with Gasteiger partial charge in [-0.05, 0) is 57.7 Å². The van der Waals surface area contributed by atoms with E-state index in [1.807, 2.05) is 0 Å². The van der Waals surface area contributed by atoms with Gasteiger partial charge in [-0.1, -0.05) is 19.3 Å². The third-order valence-electron chi connectivity index (χ3n) is 4.66. The lowest BCUT2D eigenvalue weighted by molar-refractivity contribution is 0.348. The van der Waals surface area contributed by atoms with E-state index in [0.717, 1.165) is 23.2 Å². The fraction of sp³-hybridized carbons (Fsp3) is 0.867. The summed E-state index contributed by atoms with van der Waals surface area (Å²) in [6.07, 6.45) is 9.25. The summed E-state index contributed by atoms with van der Waals surface area (Å²) in [6, 6.07) is 1.02. The molecule has 0 radical (unpaired) electrons. The third-order valence-corrected chi connectivity index (χ3v) is 4.95. The number of hydrogen-bond donors (Lipinski definition) is 1. The molecule has 0 atom stereocenters. The smallest absolute Gasteiger partial charge is 0.226 e. The Morgan fingerprint density at radius 1 is 1.25 bits per heavy atom. The fourth-order valence-corrected chi connectivity index (χ4v) is 3.55. The minimum Gasteiger partial charge on any atom is -0.338 e. The Morgan fingerprint density at radius 2 is 1.95 bits per heavy atom. The predicted octanol–water partition coefficient (Wildman–Crippen LogP) is 4.07. The Morgan fingerprint density at radius 3 is 2.55 bits per heavy atom. The van der Waals surface area contributed by atoms with Crippen molar-refractivity contribution in [1.82, 2.24) is 14.8 Å². The van der Waals surface area contributed by atoms with E-state index < -0.39 is 0 Å². The summed E-state index contributed by atoms with van der Waals surface area (Å²) in [5.74, 6) is 1.94. The van der Waals surface area contributed by atoms with Crippen molar-refractivity contribution < 1.29 is 0 Å². The first kappa shape index (κ1) is 14.1. The minimum absolute atomic E-state index is 0.475. The number of aromatic nitrogens is 3. The van der Waals surface area contributed by atoms with Gasteiger partial charge < -0.3 is 4.90 Å². The quantitative estimate of drug-likeness (QED) is 0.832. The normalized spacial score (nSPS) is 20.6. The highest BCUT2D eigenvalue weighted by atomic mass is 32.1. The number of aromatic amines is 1. The molecule has 1 aromatic heterocycles. The van der Waals surface area contributed by atoms with Crippen LogP contribution in [-0.4, -0.2) is 27.4 Å². The maximum absolute atomic E-state index is 5.51. The zero-order valence-corrected chi connectivity index (χ0v) is 13.5. The molecule has 0 spiro atoms. The van der Waals surface area contributed by atoms with E-state index in [1.165, 1.54) is 44.9 Å². The lowest BCUT2D eigenvalue weighted by Gasteiger charge is -2.31. The number of H-pyrrole nitrogens is 1. The van der Waals surface area contributed by atoms with Crippen molar-refractivity contribution in [3.05, 3.63) is 4.77 Å². The van der Waals surface area contributed by atoms with Crippen LogP contribution in [0.3, 0.4) is 0 Å². The average Bonchev–Trinajstić information content (AvgIpc) is 3.19. The summed E-state index contributed by atoms with van der Waals surface area (Å²) in [5, 5.41) is 7.60. The molecule has 0 aliphatic heterocycles. The molecule has 2 aliphatic carbocycles. The van der Waals surface area contributed by atoms with Gasteiger partial charge in [-0.3, -0.25) is 4.57 Å². The largest absolute Gasteiger partial charge is 0.338 e. The monoisotopic (exact) mass is 294 g/mol. The van der Waals surface area contributed by atoms with Crippen LogP contribution in [0.4, 0.5) is 5.95 Å². The first-order chi connectivity index (χ1) is 9.66. The van der Waals surface area contributed by atoms with E-state index in [2.05, 4.69) is 33.5 Å². The fourth-order valence-electron chi connectivity index (χ4n) is 3.27. The zero-order valence-electron chi connectivity index (χ0n) is 12.6. The second-order valence-corrected chi connectivity index (χ2v) is 7.07. The van der Waals surface area contributed by atoms with Crippen LogP contribution in [0.2, 0.25) is 0 Å². The van der Waals surface area contributed by atoms with Crippen LogP contribution in [0.1, 0.15) is 64.8 Å². The van der Waals surface area contributed by atoms with Crippen molar-refractivity contribution in [3.8, 4) is 0 Å². The van der Waals surface area contributed by atoms with Crippen LogP contribution >= 0.6 is 12.2 Å². The first-order valence-electron chi connectivity index (χ1n) is 8.10. The van der Waals surface area contributed by atoms with E-state index in [-0.39, 0.29) is 0 Å². The van der Waals surface area contributed by atoms with Gasteiger partial charge in [0.2, 0.25) is 5.95 Å². The van der Waals surface area contributed by atoms with Gasteiger partial charge in [0.15, 0.2) is 4.77 Å². The van der Waals surface area contributed by atoms with E-state index in [1.54, 1.807) is 0 Å². The van der Waals surface area contributed by atoms with E-state index in [4.69, 9.17) is 12.2 Å². The summed E-state index contributed by atoms with van der Waals surface area (Å²) in [7, 11) is 0. The molecule has 0 unspecified atom stereocenters. The van der Waals surface area contributed by atoms with Crippen molar-refractivity contribution in [2.24, 2.45) is 5.92 Å². The van der Waals surface area contributed by atoms with Crippen molar-refractivity contribution >= 4 is 18.2 Å². The number of anilines is 1. The second-order valence-electron chi connectivity index (χ2n) is 6.68. The minimum atomic E-state index is 0.475. The standard InChI is InChI=1S/C15H26N4S/c1-11(2)18(10-12-8-9-12)14-16-17-15(20)19(14)13-6-4-3-5-7-13/h11-13H,3-10H2,1-2H3,(H,17,20). The molecule has 0 amide bonds. The SMILES string of the molecule is CC(C)N(CC1CC1)c1n[nH]c(=S)n1C1CCCCC1. The number of rotatable bonds is 5. The Bertz CT molecular complexity index is 494. The summed E-state index contributed by atoms with van der Waals surface area (Å²) < 4.78 is 3.10. The Balaban J connectivity index is 1.88. The molecule has 2 saturated carbocycles. The molecule has 3 rings (SSSR count). The van der Waals surface area contributed by atoms with Gasteiger partial charge in [0.1, 0.15) is 0 Å². The van der Waals surface area contributed by atoms with Crippen molar-refractivity contribution in [2.45, 2.75) is 70.9 Å². The van der Waals surface area contributed by atoms with Gasteiger partial charge >= 0.3 is 0 Å². The van der Waals surface area contributed by atoms with Gasteiger partial charge in [-0.25, -0.2) is 5.10 Å². The molecule has 0 aromatic carbocycles. The Hall–Kier alpha value is -0.840. The molecule has 2 fully saturated rings. The molecule has 1 heterocycles. The van der Waals surface area contributed by atoms with Crippen molar-refractivity contribution in [3.63, 3.8) is 0 Å². The van der Waals surface area contributed by atoms with Crippen molar-refractivity contribution in [1.29, 1.82) is 0 Å². The number of nitrogens with one attached hydrogen (secondary N) is 1. The zero-order chi connectivity index (χ0) is 14.1. The number of hydrogen-bond acceptors (Lipinski definition) is 3. The molecule has 1 aromatic rings. The van der Waals surface area contributed by atoms with Crippen LogP contribution in [-0.2, 0) is 0 Å². The van der Waals surface area contributed by atoms with Crippen LogP contribution < -0.4 is 4.90 Å². The maximum atomic E-state index is 5.51. The number of nitrogens with zero attached hydrogens (tertiary/aromatic N) is 3. The van der Waals surface area contributed by atoms with Gasteiger partial charge in [0, 0.05) is 18.6 Å². The van der Waals surface area contributed by atoms with Gasteiger partial charge in [0.05, 0.1) is 0 Å². The maximum Gasteiger partial charge on any atom is 0.226 e. The highest BCUT2D eigenvalue weighted by Crippen LogP contribution is 2.35. The third kappa shape index (κ3) is 2.92. The molecule has 112 valence electrons. The van der Waals surface area contributed by atoms with Crippen molar-refractivity contribution in [2.75, 3.05) is 11.4 Å². The molecule has 1 N–H and O–H groups in total. The highest BCUT2D eigenvalue weighted by molar-refractivity contribution is 7.71.